The van der Waals surface area contributed by atoms with Crippen LogP contribution in [0.25, 0.3) is 28.3 Å². The molecular weight excluding hydrogens is 436 g/mol. The third-order valence-corrected chi connectivity index (χ3v) is 5.23. The summed E-state index contributed by atoms with van der Waals surface area (Å²) < 4.78 is 18.3. The fraction of sp³-hybridized carbons (Fsp3) is 0.292. The number of methoxy groups -OCH3 is 1. The van der Waals surface area contributed by atoms with Gasteiger partial charge in [0.25, 0.3) is 0 Å². The molecular formula is C24H24N6O4. The molecule has 0 spiro atoms. The molecule has 1 atom stereocenters. The Morgan fingerprint density at radius 2 is 2.06 bits per heavy atom. The molecule has 5 rings (SSSR count). The van der Waals surface area contributed by atoms with Crippen LogP contribution in [0.5, 0.6) is 11.6 Å². The lowest BCUT2D eigenvalue weighted by Gasteiger charge is -2.21. The highest BCUT2D eigenvalue weighted by atomic mass is 16.6. The third kappa shape index (κ3) is 4.09. The highest BCUT2D eigenvalue weighted by molar-refractivity contribution is 5.81. The molecule has 0 aliphatic carbocycles. The Morgan fingerprint density at radius 3 is 2.79 bits per heavy atom. The van der Waals surface area contributed by atoms with Gasteiger partial charge < -0.3 is 19.5 Å². The number of benzene rings is 1. The van der Waals surface area contributed by atoms with Gasteiger partial charge in [0.2, 0.25) is 5.88 Å². The summed E-state index contributed by atoms with van der Waals surface area (Å²) in [5, 5.41) is 7.41. The molecule has 3 aromatic heterocycles. The molecule has 0 saturated carbocycles. The zero-order valence-electron chi connectivity index (χ0n) is 19.3. The minimum Gasteiger partial charge on any atom is -0.491 e. The van der Waals surface area contributed by atoms with Crippen LogP contribution in [0.3, 0.4) is 0 Å². The van der Waals surface area contributed by atoms with E-state index in [9.17, 15) is 4.79 Å². The number of ether oxygens (including phenoxy) is 3. The van der Waals surface area contributed by atoms with Gasteiger partial charge in [-0.05, 0) is 32.9 Å². The molecule has 4 heterocycles. The Morgan fingerprint density at radius 1 is 1.21 bits per heavy atom. The topological polar surface area (TPSA) is 113 Å². The number of rotatable bonds is 4. The first-order valence-corrected chi connectivity index (χ1v) is 10.8. The standard InChI is InChI=1S/C24H24N6O4/c1-24(2,3)34-23(31)27-17-13-33-18-11-14(5-6-15(17)18)21-22(16-12-25-9-10-26-16)30-19(28-21)7-8-20(29-30)32-4/h5-12,17H,13H2,1-4H3,(H,27,31)/t17-/m0/s1. The van der Waals surface area contributed by atoms with Crippen LogP contribution in [-0.4, -0.2) is 50.0 Å². The van der Waals surface area contributed by atoms with E-state index in [4.69, 9.17) is 19.2 Å². The molecule has 174 valence electrons. The highest BCUT2D eigenvalue weighted by Crippen LogP contribution is 2.38. The molecule has 10 nitrogen and oxygen atoms in total. The van der Waals surface area contributed by atoms with Crippen LogP contribution in [0.15, 0.2) is 48.9 Å². The molecule has 0 radical (unpaired) electrons. The Balaban J connectivity index is 1.54. The maximum absolute atomic E-state index is 12.2. The monoisotopic (exact) mass is 460 g/mol. The molecule has 1 amide bonds. The Bertz CT molecular complexity index is 1360. The maximum Gasteiger partial charge on any atom is 0.408 e. The summed E-state index contributed by atoms with van der Waals surface area (Å²) in [6.45, 7) is 5.79. The number of fused-ring (bicyclic) bond motifs is 2. The summed E-state index contributed by atoms with van der Waals surface area (Å²) in [5.74, 6) is 1.13. The van der Waals surface area contributed by atoms with E-state index in [1.165, 1.54) is 0 Å². The number of imidazole rings is 1. The normalized spacial score (nSPS) is 15.0. The number of carbonyl (C=O) groups is 1. The molecule has 0 saturated heterocycles. The van der Waals surface area contributed by atoms with Crippen LogP contribution in [0.2, 0.25) is 0 Å². The molecule has 0 fully saturated rings. The van der Waals surface area contributed by atoms with Crippen molar-refractivity contribution in [3.8, 4) is 34.3 Å². The fourth-order valence-electron chi connectivity index (χ4n) is 3.80. The van der Waals surface area contributed by atoms with Crippen molar-refractivity contribution in [2.45, 2.75) is 32.4 Å². The van der Waals surface area contributed by atoms with Gasteiger partial charge in [-0.3, -0.25) is 9.97 Å². The number of aromatic nitrogens is 5. The molecule has 34 heavy (non-hydrogen) atoms. The van der Waals surface area contributed by atoms with Crippen LogP contribution in [0.1, 0.15) is 32.4 Å². The van der Waals surface area contributed by atoms with Crippen molar-refractivity contribution in [1.82, 2.24) is 29.9 Å². The van der Waals surface area contributed by atoms with Gasteiger partial charge in [-0.2, -0.15) is 0 Å². The molecule has 4 aromatic rings. The zero-order chi connectivity index (χ0) is 23.9. The van der Waals surface area contributed by atoms with Gasteiger partial charge in [0.15, 0.2) is 5.65 Å². The van der Waals surface area contributed by atoms with E-state index in [-0.39, 0.29) is 6.04 Å². The van der Waals surface area contributed by atoms with Gasteiger partial charge in [-0.15, -0.1) is 5.10 Å². The molecule has 0 unspecified atom stereocenters. The Kier molecular flexibility index (Phi) is 5.27. The van der Waals surface area contributed by atoms with Crippen molar-refractivity contribution < 1.29 is 19.0 Å². The Labute approximate surface area is 195 Å². The van der Waals surface area contributed by atoms with E-state index in [1.807, 2.05) is 45.0 Å². The second-order valence-corrected chi connectivity index (χ2v) is 8.81. The lowest BCUT2D eigenvalue weighted by atomic mass is 10.0. The van der Waals surface area contributed by atoms with Crippen molar-refractivity contribution >= 4 is 11.7 Å². The summed E-state index contributed by atoms with van der Waals surface area (Å²) in [6.07, 6.45) is 4.42. The Hall–Kier alpha value is -4.21. The van der Waals surface area contributed by atoms with E-state index in [0.29, 0.717) is 41.0 Å². The van der Waals surface area contributed by atoms with Crippen molar-refractivity contribution in [3.63, 3.8) is 0 Å². The second kappa shape index (κ2) is 8.29. The average molecular weight is 460 g/mol. The summed E-state index contributed by atoms with van der Waals surface area (Å²) in [5.41, 5.74) is 3.74. The second-order valence-electron chi connectivity index (χ2n) is 8.81. The molecule has 0 bridgehead atoms. The van der Waals surface area contributed by atoms with Crippen molar-refractivity contribution in [2.24, 2.45) is 0 Å². The first-order valence-electron chi connectivity index (χ1n) is 10.8. The van der Waals surface area contributed by atoms with Gasteiger partial charge in [0.1, 0.15) is 35.0 Å². The minimum absolute atomic E-state index is 0.301. The predicted octanol–water partition coefficient (Wildman–Crippen LogP) is 3.82. The van der Waals surface area contributed by atoms with Gasteiger partial charge in [-0.1, -0.05) is 12.1 Å². The molecule has 1 aliphatic heterocycles. The summed E-state index contributed by atoms with van der Waals surface area (Å²) in [4.78, 5) is 25.7. The summed E-state index contributed by atoms with van der Waals surface area (Å²) in [7, 11) is 1.56. The molecule has 1 aromatic carbocycles. The highest BCUT2D eigenvalue weighted by Gasteiger charge is 2.29. The van der Waals surface area contributed by atoms with Crippen molar-refractivity contribution in [3.05, 3.63) is 54.5 Å². The lowest BCUT2D eigenvalue weighted by Crippen LogP contribution is -2.35. The predicted molar refractivity (Wildman–Crippen MR) is 124 cm³/mol. The van der Waals surface area contributed by atoms with E-state index in [1.54, 1.807) is 36.3 Å². The van der Waals surface area contributed by atoms with Crippen molar-refractivity contribution in [2.75, 3.05) is 13.7 Å². The van der Waals surface area contributed by atoms with Crippen molar-refractivity contribution in [1.29, 1.82) is 0 Å². The first-order chi connectivity index (χ1) is 16.3. The maximum atomic E-state index is 12.2. The molecule has 1 N–H and O–H groups in total. The number of hydrogen-bond donors (Lipinski definition) is 1. The number of alkyl carbamates (subject to hydrolysis) is 1. The van der Waals surface area contributed by atoms with Crippen LogP contribution in [0, 0.1) is 0 Å². The van der Waals surface area contributed by atoms with Gasteiger partial charge in [-0.25, -0.2) is 14.3 Å². The van der Waals surface area contributed by atoms with Crippen LogP contribution < -0.4 is 14.8 Å². The number of amides is 1. The summed E-state index contributed by atoms with van der Waals surface area (Å²) >= 11 is 0. The van der Waals surface area contributed by atoms with E-state index in [2.05, 4.69) is 20.4 Å². The fourth-order valence-corrected chi connectivity index (χ4v) is 3.80. The van der Waals surface area contributed by atoms with Gasteiger partial charge in [0, 0.05) is 29.6 Å². The first kappa shape index (κ1) is 21.6. The molecule has 10 heteroatoms. The summed E-state index contributed by atoms with van der Waals surface area (Å²) in [6, 6.07) is 9.06. The van der Waals surface area contributed by atoms with Crippen LogP contribution in [-0.2, 0) is 4.74 Å². The largest absolute Gasteiger partial charge is 0.491 e. The quantitative estimate of drug-likeness (QED) is 0.489. The smallest absolute Gasteiger partial charge is 0.408 e. The number of carbonyl (C=O) groups excluding carboxylic acids is 1. The number of nitrogens with zero attached hydrogens (tertiary/aromatic N) is 5. The van der Waals surface area contributed by atoms with E-state index < -0.39 is 11.7 Å². The van der Waals surface area contributed by atoms with E-state index in [0.717, 1.165) is 11.1 Å². The van der Waals surface area contributed by atoms with Gasteiger partial charge in [0.05, 0.1) is 19.3 Å². The van der Waals surface area contributed by atoms with Gasteiger partial charge >= 0.3 is 6.09 Å². The van der Waals surface area contributed by atoms with E-state index >= 15 is 0 Å². The minimum atomic E-state index is -0.577. The van der Waals surface area contributed by atoms with Crippen LogP contribution in [0.4, 0.5) is 4.79 Å². The lowest BCUT2D eigenvalue weighted by molar-refractivity contribution is 0.0497. The average Bonchev–Trinajstić information content (AvgIpc) is 3.38. The SMILES string of the molecule is COc1ccc2nc(-c3ccc4c(c3)OC[C@@H]4NC(=O)OC(C)(C)C)c(-c3cnccn3)n2n1. The third-order valence-electron chi connectivity index (χ3n) is 5.23. The van der Waals surface area contributed by atoms with Crippen LogP contribution >= 0.6 is 0 Å². The number of nitrogens with one attached hydrogen (secondary N) is 1. The zero-order valence-corrected chi connectivity index (χ0v) is 19.3. The molecule has 1 aliphatic rings. The number of hydrogen-bond acceptors (Lipinski definition) is 8.